The first-order chi connectivity index (χ1) is 9.45. The Bertz CT molecular complexity index is 630. The highest BCUT2D eigenvalue weighted by atomic mass is 79.9. The Morgan fingerprint density at radius 2 is 1.10 bits per heavy atom. The molecule has 0 saturated heterocycles. The van der Waals surface area contributed by atoms with Crippen LogP contribution < -0.4 is 0 Å². The number of halogens is 4. The van der Waals surface area contributed by atoms with Crippen LogP contribution in [0.15, 0.2) is 33.2 Å². The maximum atomic E-state index is 10.5. The van der Waals surface area contributed by atoms with Crippen molar-refractivity contribution in [1.29, 1.82) is 0 Å². The van der Waals surface area contributed by atoms with Gasteiger partial charge in [0.15, 0.2) is 0 Å². The summed E-state index contributed by atoms with van der Waals surface area (Å²) in [6.45, 7) is 0. The Kier molecular flexibility index (Phi) is 4.35. The van der Waals surface area contributed by atoms with Crippen molar-refractivity contribution in [2.45, 2.75) is 21.9 Å². The van der Waals surface area contributed by atoms with E-state index in [0.29, 0.717) is 0 Å². The number of rotatable bonds is 0. The molecule has 0 fully saturated rings. The zero-order valence-corrected chi connectivity index (χ0v) is 16.4. The van der Waals surface area contributed by atoms with Crippen LogP contribution in [0, 0.1) is 0 Å². The Labute approximate surface area is 150 Å². The number of fused-ring (bicyclic) bond motifs is 2. The van der Waals surface area contributed by atoms with Gasteiger partial charge in [0.2, 0.25) is 0 Å². The van der Waals surface area contributed by atoms with Crippen molar-refractivity contribution in [2.24, 2.45) is 0 Å². The lowest BCUT2D eigenvalue weighted by atomic mass is 9.85. The fraction of sp³-hybridized carbons (Fsp3) is 0.286. The summed E-state index contributed by atoms with van der Waals surface area (Å²) < 4.78 is 1.67. The van der Waals surface area contributed by atoms with Gasteiger partial charge in [-0.1, -0.05) is 56.1 Å². The number of hydrogen-bond acceptors (Lipinski definition) is 2. The third-order valence-corrected chi connectivity index (χ3v) is 8.22. The molecule has 2 aromatic carbocycles. The Morgan fingerprint density at radius 3 is 1.45 bits per heavy atom. The van der Waals surface area contributed by atoms with E-state index in [1.807, 2.05) is 24.3 Å². The molecule has 2 N–H and O–H groups in total. The van der Waals surface area contributed by atoms with Gasteiger partial charge in [0.05, 0.1) is 21.9 Å². The maximum Gasteiger partial charge on any atom is 0.0942 e. The molecule has 1 aliphatic carbocycles. The first kappa shape index (κ1) is 15.4. The van der Waals surface area contributed by atoms with E-state index >= 15 is 0 Å². The van der Waals surface area contributed by atoms with Gasteiger partial charge in [0.1, 0.15) is 0 Å². The van der Waals surface area contributed by atoms with Gasteiger partial charge >= 0.3 is 0 Å². The second-order valence-corrected chi connectivity index (χ2v) is 8.48. The van der Waals surface area contributed by atoms with E-state index in [1.165, 1.54) is 0 Å². The molecule has 2 aromatic rings. The molecular formula is C14H10Br4O2. The van der Waals surface area contributed by atoms with Gasteiger partial charge < -0.3 is 10.2 Å². The van der Waals surface area contributed by atoms with Crippen LogP contribution in [-0.2, 0) is 0 Å². The van der Waals surface area contributed by atoms with Gasteiger partial charge in [0.25, 0.3) is 0 Å². The second kappa shape index (κ2) is 5.63. The average molecular weight is 530 g/mol. The van der Waals surface area contributed by atoms with Gasteiger partial charge in [-0.3, -0.25) is 0 Å². The monoisotopic (exact) mass is 526 g/mol. The molecule has 0 spiro atoms. The molecule has 0 bridgehead atoms. The normalized spacial score (nSPS) is 29.5. The molecule has 106 valence electrons. The summed E-state index contributed by atoms with van der Waals surface area (Å²) in [6, 6.07) is 7.90. The summed E-state index contributed by atoms with van der Waals surface area (Å²) in [5.41, 5.74) is 1.47. The van der Waals surface area contributed by atoms with Crippen molar-refractivity contribution >= 4 is 74.5 Å². The lowest BCUT2D eigenvalue weighted by molar-refractivity contribution is 0.105. The molecule has 4 atom stereocenters. The van der Waals surface area contributed by atoms with Crippen molar-refractivity contribution in [3.63, 3.8) is 0 Å². The first-order valence-electron chi connectivity index (χ1n) is 5.99. The van der Waals surface area contributed by atoms with Crippen LogP contribution in [0.25, 0.3) is 10.8 Å². The number of aliphatic hydroxyl groups excluding tert-OH is 2. The molecule has 20 heavy (non-hydrogen) atoms. The molecule has 3 rings (SSSR count). The molecule has 0 heterocycles. The third kappa shape index (κ3) is 2.15. The SMILES string of the molecule is O[C@@H]1c2c(c(Br)c3ccccc3c2Br)[C@H](O)[C@@H](Br)[C@@H]1Br. The van der Waals surface area contributed by atoms with Crippen molar-refractivity contribution in [2.75, 3.05) is 0 Å². The summed E-state index contributed by atoms with van der Waals surface area (Å²) >= 11 is 14.1. The minimum atomic E-state index is -0.701. The lowest BCUT2D eigenvalue weighted by Crippen LogP contribution is -2.35. The van der Waals surface area contributed by atoms with E-state index in [1.54, 1.807) is 0 Å². The Morgan fingerprint density at radius 1 is 0.750 bits per heavy atom. The zero-order valence-electron chi connectivity index (χ0n) is 10.0. The summed E-state index contributed by atoms with van der Waals surface area (Å²) in [6.07, 6.45) is -1.40. The molecule has 0 aliphatic heterocycles. The van der Waals surface area contributed by atoms with E-state index in [9.17, 15) is 10.2 Å². The van der Waals surface area contributed by atoms with Gasteiger partial charge in [0, 0.05) is 20.1 Å². The van der Waals surface area contributed by atoms with Crippen LogP contribution in [0.2, 0.25) is 0 Å². The lowest BCUT2D eigenvalue weighted by Gasteiger charge is -2.36. The van der Waals surface area contributed by atoms with Crippen molar-refractivity contribution in [3.05, 3.63) is 44.3 Å². The van der Waals surface area contributed by atoms with E-state index in [2.05, 4.69) is 63.7 Å². The Balaban J connectivity index is 2.43. The molecular weight excluding hydrogens is 520 g/mol. The van der Waals surface area contributed by atoms with Crippen molar-refractivity contribution in [3.8, 4) is 0 Å². The minimum Gasteiger partial charge on any atom is -0.387 e. The molecule has 0 amide bonds. The average Bonchev–Trinajstić information content (AvgIpc) is 2.46. The predicted octanol–water partition coefficient (Wildman–Crippen LogP) is 4.97. The van der Waals surface area contributed by atoms with Crippen molar-refractivity contribution < 1.29 is 10.2 Å². The summed E-state index contributed by atoms with van der Waals surface area (Å²) in [5, 5.41) is 23.1. The molecule has 1 aliphatic rings. The van der Waals surface area contributed by atoms with Crippen LogP contribution in [0.1, 0.15) is 23.3 Å². The maximum absolute atomic E-state index is 10.5. The zero-order chi connectivity index (χ0) is 14.6. The van der Waals surface area contributed by atoms with Gasteiger partial charge in [-0.05, 0) is 42.6 Å². The minimum absolute atomic E-state index is 0.255. The molecule has 6 heteroatoms. The molecule has 0 saturated carbocycles. The van der Waals surface area contributed by atoms with E-state index < -0.39 is 12.2 Å². The number of alkyl halides is 2. The number of aliphatic hydroxyl groups is 2. The van der Waals surface area contributed by atoms with E-state index in [4.69, 9.17) is 0 Å². The van der Waals surface area contributed by atoms with Crippen LogP contribution >= 0.6 is 63.7 Å². The highest BCUT2D eigenvalue weighted by Crippen LogP contribution is 2.51. The first-order valence-corrected chi connectivity index (χ1v) is 9.40. The van der Waals surface area contributed by atoms with Crippen LogP contribution in [0.5, 0.6) is 0 Å². The Hall–Kier alpha value is 0.540. The smallest absolute Gasteiger partial charge is 0.0942 e. The standard InChI is InChI=1S/C14H10Br4O2/c15-9-5-3-1-2-4-6(5)10(16)8-7(9)13(19)11(17)12(18)14(8)20/h1-4,11-14,19-20H/t11-,12-,13-,14+/m0/s1. The quantitative estimate of drug-likeness (QED) is 0.473. The van der Waals surface area contributed by atoms with Crippen LogP contribution in [-0.4, -0.2) is 19.9 Å². The highest BCUT2D eigenvalue weighted by molar-refractivity contribution is 9.12. The van der Waals surface area contributed by atoms with E-state index in [0.717, 1.165) is 30.8 Å². The van der Waals surface area contributed by atoms with E-state index in [-0.39, 0.29) is 9.65 Å². The molecule has 0 unspecified atom stereocenters. The highest BCUT2D eigenvalue weighted by Gasteiger charge is 2.41. The fourth-order valence-electron chi connectivity index (χ4n) is 2.64. The van der Waals surface area contributed by atoms with Crippen LogP contribution in [0.4, 0.5) is 0 Å². The number of benzene rings is 2. The summed E-state index contributed by atoms with van der Waals surface area (Å²) in [5.74, 6) is 0. The summed E-state index contributed by atoms with van der Waals surface area (Å²) in [4.78, 5) is -0.510. The summed E-state index contributed by atoms with van der Waals surface area (Å²) in [7, 11) is 0. The second-order valence-electron chi connectivity index (χ2n) is 4.78. The topological polar surface area (TPSA) is 40.5 Å². The van der Waals surface area contributed by atoms with Crippen molar-refractivity contribution in [1.82, 2.24) is 0 Å². The van der Waals surface area contributed by atoms with Crippen LogP contribution in [0.3, 0.4) is 0 Å². The third-order valence-electron chi connectivity index (χ3n) is 3.66. The predicted molar refractivity (Wildman–Crippen MR) is 94.7 cm³/mol. The largest absolute Gasteiger partial charge is 0.387 e. The van der Waals surface area contributed by atoms with Gasteiger partial charge in [-0.25, -0.2) is 0 Å². The van der Waals surface area contributed by atoms with Gasteiger partial charge in [-0.2, -0.15) is 0 Å². The molecule has 0 radical (unpaired) electrons. The van der Waals surface area contributed by atoms with Gasteiger partial charge in [-0.15, -0.1) is 0 Å². The fourth-order valence-corrected chi connectivity index (χ4v) is 5.33. The molecule has 2 nitrogen and oxygen atoms in total. The number of hydrogen-bond donors (Lipinski definition) is 2. The molecule has 0 aromatic heterocycles.